The van der Waals surface area contributed by atoms with Crippen molar-refractivity contribution in [1.82, 2.24) is 0 Å². The lowest BCUT2D eigenvalue weighted by Gasteiger charge is -2.10. The first-order valence-electron chi connectivity index (χ1n) is 8.97. The van der Waals surface area contributed by atoms with Crippen molar-refractivity contribution in [3.05, 3.63) is 48.0 Å². The van der Waals surface area contributed by atoms with Gasteiger partial charge < -0.3 is 9.84 Å². The van der Waals surface area contributed by atoms with Gasteiger partial charge in [0.05, 0.1) is 4.90 Å². The fraction of sp³-hybridized carbons (Fsp3) is 0.400. The molecule has 0 aromatic heterocycles. The molecule has 0 saturated heterocycles. The molecule has 2 rings (SSSR count). The number of aromatic hydroxyl groups is 1. The van der Waals surface area contributed by atoms with Gasteiger partial charge in [-0.3, -0.25) is 4.55 Å². The van der Waals surface area contributed by atoms with Gasteiger partial charge in [-0.15, -0.1) is 0 Å². The van der Waals surface area contributed by atoms with Gasteiger partial charge in [0.2, 0.25) is 0 Å². The maximum absolute atomic E-state index is 11.2. The van der Waals surface area contributed by atoms with Crippen molar-refractivity contribution in [2.24, 2.45) is 0 Å². The molecule has 0 fully saturated rings. The summed E-state index contributed by atoms with van der Waals surface area (Å²) >= 11 is 0. The topological polar surface area (TPSA) is 83.8 Å². The van der Waals surface area contributed by atoms with Crippen molar-refractivity contribution in [3.63, 3.8) is 0 Å². The molecule has 5 nitrogen and oxygen atoms in total. The zero-order chi connectivity index (χ0) is 19.0. The predicted octanol–water partition coefficient (Wildman–Crippen LogP) is 5.33. The first kappa shape index (κ1) is 20.3. The summed E-state index contributed by atoms with van der Waals surface area (Å²) in [5.74, 6) is 0.467. The van der Waals surface area contributed by atoms with Gasteiger partial charge in [0.25, 0.3) is 10.1 Å². The van der Waals surface area contributed by atoms with Crippen LogP contribution in [-0.2, 0) is 16.5 Å². The summed E-state index contributed by atoms with van der Waals surface area (Å²) in [5.41, 5.74) is 1.04. The number of hydrogen-bond donors (Lipinski definition) is 2. The summed E-state index contributed by atoms with van der Waals surface area (Å²) in [6.45, 7) is 2.20. The van der Waals surface area contributed by atoms with E-state index in [9.17, 15) is 13.5 Å². The predicted molar refractivity (Wildman–Crippen MR) is 102 cm³/mol. The molecule has 0 heterocycles. The molecule has 0 bridgehead atoms. The summed E-state index contributed by atoms with van der Waals surface area (Å²) in [5, 5.41) is 10.2. The third-order valence-electron chi connectivity index (χ3n) is 4.17. The fourth-order valence-electron chi connectivity index (χ4n) is 2.74. The van der Waals surface area contributed by atoms with Crippen LogP contribution in [0, 0.1) is 0 Å². The third-order valence-corrected chi connectivity index (χ3v) is 5.02. The average molecular weight is 378 g/mol. The number of benzene rings is 2. The number of aryl methyl sites for hydroxylation is 1. The Kier molecular flexibility index (Phi) is 7.48. The van der Waals surface area contributed by atoms with Crippen LogP contribution in [0.15, 0.2) is 47.4 Å². The van der Waals surface area contributed by atoms with E-state index in [0.717, 1.165) is 18.4 Å². The Morgan fingerprint density at radius 1 is 0.962 bits per heavy atom. The van der Waals surface area contributed by atoms with E-state index in [1.165, 1.54) is 50.3 Å². The Morgan fingerprint density at radius 2 is 1.69 bits per heavy atom. The van der Waals surface area contributed by atoms with Gasteiger partial charge in [-0.25, -0.2) is 0 Å². The van der Waals surface area contributed by atoms with E-state index in [4.69, 9.17) is 9.29 Å². The molecular weight excluding hydrogens is 352 g/mol. The molecule has 2 aromatic carbocycles. The molecule has 0 unspecified atom stereocenters. The van der Waals surface area contributed by atoms with Crippen LogP contribution in [0.5, 0.6) is 17.2 Å². The number of unbranched alkanes of at least 4 members (excludes halogenated alkanes) is 5. The molecule has 0 aliphatic carbocycles. The minimum atomic E-state index is -4.30. The number of rotatable bonds is 10. The van der Waals surface area contributed by atoms with Gasteiger partial charge in [-0.1, -0.05) is 51.2 Å². The minimum Gasteiger partial charge on any atom is -0.504 e. The first-order valence-corrected chi connectivity index (χ1v) is 10.4. The van der Waals surface area contributed by atoms with Crippen LogP contribution in [0.3, 0.4) is 0 Å². The number of ether oxygens (including phenoxy) is 1. The number of hydrogen-bond acceptors (Lipinski definition) is 4. The van der Waals surface area contributed by atoms with Crippen molar-refractivity contribution >= 4 is 10.1 Å². The molecular formula is C20H26O5S. The highest BCUT2D eigenvalue weighted by atomic mass is 32.2. The molecule has 0 atom stereocenters. The standard InChI is InChI=1S/C20H26O5S/c1-2-3-4-5-6-7-9-16-12-13-20(19(21)14-16)25-17-10-8-11-18(15-17)26(22,23)24/h8,10-15,21H,2-7,9H2,1H3,(H,22,23,24). The van der Waals surface area contributed by atoms with Crippen LogP contribution >= 0.6 is 0 Å². The molecule has 26 heavy (non-hydrogen) atoms. The van der Waals surface area contributed by atoms with E-state index in [2.05, 4.69) is 6.92 Å². The summed E-state index contributed by atoms with van der Waals surface area (Å²) < 4.78 is 37.0. The van der Waals surface area contributed by atoms with Crippen molar-refractivity contribution in [3.8, 4) is 17.2 Å². The van der Waals surface area contributed by atoms with Crippen molar-refractivity contribution < 1.29 is 22.8 Å². The van der Waals surface area contributed by atoms with Crippen molar-refractivity contribution in [2.45, 2.75) is 56.8 Å². The van der Waals surface area contributed by atoms with Crippen molar-refractivity contribution in [1.29, 1.82) is 0 Å². The Balaban J connectivity index is 1.95. The van der Waals surface area contributed by atoms with Gasteiger partial charge in [0.1, 0.15) is 5.75 Å². The monoisotopic (exact) mass is 378 g/mol. The first-order chi connectivity index (χ1) is 12.4. The van der Waals surface area contributed by atoms with E-state index >= 15 is 0 Å². The van der Waals surface area contributed by atoms with Gasteiger partial charge in [0.15, 0.2) is 11.5 Å². The summed E-state index contributed by atoms with van der Waals surface area (Å²) in [4.78, 5) is -0.255. The summed E-state index contributed by atoms with van der Waals surface area (Å²) in [6.07, 6.45) is 8.20. The quantitative estimate of drug-likeness (QED) is 0.431. The van der Waals surface area contributed by atoms with Gasteiger partial charge in [0, 0.05) is 6.07 Å². The average Bonchev–Trinajstić information content (AvgIpc) is 2.60. The molecule has 2 aromatic rings. The van der Waals surface area contributed by atoms with Gasteiger partial charge >= 0.3 is 0 Å². The highest BCUT2D eigenvalue weighted by Gasteiger charge is 2.11. The highest BCUT2D eigenvalue weighted by Crippen LogP contribution is 2.32. The Labute approximate surface area is 155 Å². The number of phenolic OH excluding ortho intramolecular Hbond substituents is 1. The summed E-state index contributed by atoms with van der Waals surface area (Å²) in [6, 6.07) is 10.7. The Bertz CT molecular complexity index is 815. The van der Waals surface area contributed by atoms with Crippen LogP contribution in [0.25, 0.3) is 0 Å². The van der Waals surface area contributed by atoms with Crippen LogP contribution in [-0.4, -0.2) is 18.1 Å². The molecule has 142 valence electrons. The number of phenols is 1. The van der Waals surface area contributed by atoms with Gasteiger partial charge in [-0.05, 0) is 42.7 Å². The second kappa shape index (κ2) is 9.59. The lowest BCUT2D eigenvalue weighted by Crippen LogP contribution is -1.98. The Morgan fingerprint density at radius 3 is 2.38 bits per heavy atom. The Hall–Kier alpha value is -2.05. The molecule has 6 heteroatoms. The zero-order valence-electron chi connectivity index (χ0n) is 15.0. The molecule has 0 aliphatic rings. The van der Waals surface area contributed by atoms with E-state index in [1.54, 1.807) is 18.2 Å². The maximum atomic E-state index is 11.2. The van der Waals surface area contributed by atoms with E-state index in [0.29, 0.717) is 0 Å². The normalized spacial score (nSPS) is 11.5. The van der Waals surface area contributed by atoms with E-state index in [-0.39, 0.29) is 22.1 Å². The molecule has 2 N–H and O–H groups in total. The SMILES string of the molecule is CCCCCCCCc1ccc(Oc2cccc(S(=O)(=O)O)c2)c(O)c1. The smallest absolute Gasteiger partial charge is 0.294 e. The van der Waals surface area contributed by atoms with Crippen LogP contribution in [0.4, 0.5) is 0 Å². The maximum Gasteiger partial charge on any atom is 0.294 e. The fourth-order valence-corrected chi connectivity index (χ4v) is 3.25. The molecule has 0 aliphatic heterocycles. The van der Waals surface area contributed by atoms with Gasteiger partial charge in [-0.2, -0.15) is 8.42 Å². The van der Waals surface area contributed by atoms with Crippen LogP contribution < -0.4 is 4.74 Å². The summed E-state index contributed by atoms with van der Waals surface area (Å²) in [7, 11) is -4.30. The molecule has 0 saturated carbocycles. The second-order valence-corrected chi connectivity index (χ2v) is 7.79. The van der Waals surface area contributed by atoms with Crippen LogP contribution in [0.2, 0.25) is 0 Å². The lowest BCUT2D eigenvalue weighted by molar-refractivity contribution is 0.409. The van der Waals surface area contributed by atoms with E-state index in [1.807, 2.05) is 6.07 Å². The van der Waals surface area contributed by atoms with E-state index < -0.39 is 10.1 Å². The lowest BCUT2D eigenvalue weighted by atomic mass is 10.0. The van der Waals surface area contributed by atoms with Crippen LogP contribution in [0.1, 0.15) is 51.0 Å². The van der Waals surface area contributed by atoms with Crippen molar-refractivity contribution in [2.75, 3.05) is 0 Å². The largest absolute Gasteiger partial charge is 0.504 e. The minimum absolute atomic E-state index is 0.00532. The molecule has 0 radical (unpaired) electrons. The third kappa shape index (κ3) is 6.35. The molecule has 0 amide bonds. The highest BCUT2D eigenvalue weighted by molar-refractivity contribution is 7.85. The zero-order valence-corrected chi connectivity index (χ0v) is 15.8. The molecule has 0 spiro atoms. The second-order valence-electron chi connectivity index (χ2n) is 6.37.